The van der Waals surface area contributed by atoms with Crippen LogP contribution in [0, 0.1) is 0 Å². The van der Waals surface area contributed by atoms with Crippen LogP contribution in [0.25, 0.3) is 0 Å². The number of nitrogens with zero attached hydrogens (tertiary/aromatic N) is 1. The Morgan fingerprint density at radius 1 is 1.00 bits per heavy atom. The third kappa shape index (κ3) is 4.47. The molecule has 5 nitrogen and oxygen atoms in total. The van der Waals surface area contributed by atoms with Gasteiger partial charge in [-0.25, -0.2) is 13.4 Å². The Morgan fingerprint density at radius 3 is 2.46 bits per heavy atom. The second-order valence-electron chi connectivity index (χ2n) is 5.59. The number of benzene rings is 2. The van der Waals surface area contributed by atoms with Crippen LogP contribution in [0.15, 0.2) is 77.8 Å². The molecule has 2 aromatic carbocycles. The zero-order chi connectivity index (χ0) is 18.6. The average Bonchev–Trinajstić information content (AvgIpc) is 2.64. The highest BCUT2D eigenvalue weighted by atomic mass is 35.5. The van der Waals surface area contributed by atoms with Gasteiger partial charge >= 0.3 is 0 Å². The number of carbonyl (C=O) groups excluding carboxylic acids is 1. The van der Waals surface area contributed by atoms with Crippen molar-refractivity contribution in [3.8, 4) is 0 Å². The second kappa shape index (κ2) is 7.68. The molecule has 0 unspecified atom stereocenters. The van der Waals surface area contributed by atoms with Crippen LogP contribution < -0.4 is 5.32 Å². The number of hydrogen-bond donors (Lipinski definition) is 1. The Morgan fingerprint density at radius 2 is 1.77 bits per heavy atom. The van der Waals surface area contributed by atoms with Crippen molar-refractivity contribution in [3.63, 3.8) is 0 Å². The molecule has 0 bridgehead atoms. The van der Waals surface area contributed by atoms with E-state index in [1.54, 1.807) is 66.7 Å². The first kappa shape index (κ1) is 18.1. The summed E-state index contributed by atoms with van der Waals surface area (Å²) in [5.74, 6) is -0.197. The summed E-state index contributed by atoms with van der Waals surface area (Å²) in [6.07, 6.45) is 1.43. The lowest BCUT2D eigenvalue weighted by atomic mass is 10.1. The van der Waals surface area contributed by atoms with Crippen molar-refractivity contribution in [2.45, 2.75) is 10.6 Å². The van der Waals surface area contributed by atoms with Crippen molar-refractivity contribution < 1.29 is 13.2 Å². The molecule has 0 aliphatic rings. The fourth-order valence-corrected chi connectivity index (χ4v) is 3.84. The van der Waals surface area contributed by atoms with E-state index in [-0.39, 0.29) is 16.6 Å². The van der Waals surface area contributed by atoms with Gasteiger partial charge in [0.25, 0.3) is 5.91 Å². The van der Waals surface area contributed by atoms with Crippen molar-refractivity contribution in [3.05, 3.63) is 89.1 Å². The number of hydrogen-bond acceptors (Lipinski definition) is 4. The van der Waals surface area contributed by atoms with Gasteiger partial charge in [0.2, 0.25) is 0 Å². The second-order valence-corrected chi connectivity index (χ2v) is 8.01. The van der Waals surface area contributed by atoms with Gasteiger partial charge in [-0.2, -0.15) is 0 Å². The van der Waals surface area contributed by atoms with Crippen LogP contribution >= 0.6 is 11.6 Å². The summed E-state index contributed by atoms with van der Waals surface area (Å²) in [7, 11) is -3.48. The predicted molar refractivity (Wildman–Crippen MR) is 101 cm³/mol. The fraction of sp³-hybridized carbons (Fsp3) is 0.0526. The molecule has 7 heteroatoms. The molecule has 1 heterocycles. The molecule has 0 radical (unpaired) electrons. The lowest BCUT2D eigenvalue weighted by Crippen LogP contribution is -2.13. The van der Waals surface area contributed by atoms with E-state index in [9.17, 15) is 13.2 Å². The monoisotopic (exact) mass is 386 g/mol. The number of nitrogens with one attached hydrogen (secondary N) is 1. The molecule has 1 N–H and O–H groups in total. The van der Waals surface area contributed by atoms with E-state index < -0.39 is 9.84 Å². The first-order valence-corrected chi connectivity index (χ1v) is 9.77. The quantitative estimate of drug-likeness (QED) is 0.720. The Bertz CT molecular complexity index is 1020. The summed E-state index contributed by atoms with van der Waals surface area (Å²) in [6, 6.07) is 17.9. The zero-order valence-electron chi connectivity index (χ0n) is 13.6. The highest BCUT2D eigenvalue weighted by molar-refractivity contribution is 7.90. The normalized spacial score (nSPS) is 11.1. The SMILES string of the molecule is O=C(Nc1ccc(Cl)cn1)c1cccc(CS(=O)(=O)c2ccccc2)c1. The van der Waals surface area contributed by atoms with E-state index in [2.05, 4.69) is 10.3 Å². The van der Waals surface area contributed by atoms with E-state index in [1.807, 2.05) is 0 Å². The number of pyridine rings is 1. The van der Waals surface area contributed by atoms with Gasteiger partial charge in [0, 0.05) is 11.8 Å². The molecule has 1 amide bonds. The van der Waals surface area contributed by atoms with Crippen molar-refractivity contribution in [1.82, 2.24) is 4.98 Å². The smallest absolute Gasteiger partial charge is 0.256 e. The highest BCUT2D eigenvalue weighted by Crippen LogP contribution is 2.18. The van der Waals surface area contributed by atoms with Gasteiger partial charge in [-0.15, -0.1) is 0 Å². The molecule has 3 rings (SSSR count). The summed E-state index contributed by atoms with van der Waals surface area (Å²) >= 11 is 5.77. The largest absolute Gasteiger partial charge is 0.307 e. The minimum atomic E-state index is -3.48. The molecule has 3 aromatic rings. The van der Waals surface area contributed by atoms with Crippen molar-refractivity contribution in [2.75, 3.05) is 5.32 Å². The molecule has 0 atom stereocenters. The third-order valence-electron chi connectivity index (χ3n) is 3.62. The molecule has 26 heavy (non-hydrogen) atoms. The summed E-state index contributed by atoms with van der Waals surface area (Å²) in [5, 5.41) is 3.12. The van der Waals surface area contributed by atoms with Gasteiger partial charge in [-0.05, 0) is 42.0 Å². The van der Waals surface area contributed by atoms with Crippen LogP contribution in [0.3, 0.4) is 0 Å². The number of rotatable bonds is 5. The molecular weight excluding hydrogens is 372 g/mol. The van der Waals surface area contributed by atoms with Crippen molar-refractivity contribution in [1.29, 1.82) is 0 Å². The molecule has 0 saturated carbocycles. The Hall–Kier alpha value is -2.70. The van der Waals surface area contributed by atoms with E-state index in [0.717, 1.165) is 0 Å². The Kier molecular flexibility index (Phi) is 5.35. The number of carbonyl (C=O) groups is 1. The lowest BCUT2D eigenvalue weighted by Gasteiger charge is -2.08. The summed E-state index contributed by atoms with van der Waals surface area (Å²) in [6.45, 7) is 0. The molecule has 0 aliphatic heterocycles. The van der Waals surface area contributed by atoms with Crippen LogP contribution in [-0.4, -0.2) is 19.3 Å². The molecule has 132 valence electrons. The van der Waals surface area contributed by atoms with Gasteiger partial charge < -0.3 is 5.32 Å². The van der Waals surface area contributed by atoms with Gasteiger partial charge in [0.05, 0.1) is 15.7 Å². The van der Waals surface area contributed by atoms with Crippen LogP contribution in [0.5, 0.6) is 0 Å². The van der Waals surface area contributed by atoms with Crippen LogP contribution in [0.4, 0.5) is 5.82 Å². The standard InChI is InChI=1S/C19H15ClN2O3S/c20-16-9-10-18(21-12-16)22-19(23)15-6-4-5-14(11-15)13-26(24,25)17-7-2-1-3-8-17/h1-12H,13H2,(H,21,22,23). The van der Waals surface area contributed by atoms with Crippen molar-refractivity contribution in [2.24, 2.45) is 0 Å². The number of anilines is 1. The van der Waals surface area contributed by atoms with E-state index >= 15 is 0 Å². The summed E-state index contributed by atoms with van der Waals surface area (Å²) in [4.78, 5) is 16.6. The van der Waals surface area contributed by atoms with Crippen molar-refractivity contribution >= 4 is 33.2 Å². The fourth-order valence-electron chi connectivity index (χ4n) is 2.37. The van der Waals surface area contributed by atoms with Gasteiger partial charge in [0.1, 0.15) is 5.82 Å². The van der Waals surface area contributed by atoms with Gasteiger partial charge in [-0.3, -0.25) is 4.79 Å². The summed E-state index contributed by atoms with van der Waals surface area (Å²) in [5.41, 5.74) is 0.882. The topological polar surface area (TPSA) is 76.1 Å². The zero-order valence-corrected chi connectivity index (χ0v) is 15.2. The Balaban J connectivity index is 1.77. The number of amides is 1. The maximum Gasteiger partial charge on any atom is 0.256 e. The average molecular weight is 387 g/mol. The lowest BCUT2D eigenvalue weighted by molar-refractivity contribution is 0.102. The molecule has 1 aromatic heterocycles. The maximum atomic E-state index is 12.5. The third-order valence-corrected chi connectivity index (χ3v) is 5.54. The van der Waals surface area contributed by atoms with Gasteiger partial charge in [-0.1, -0.05) is 41.9 Å². The van der Waals surface area contributed by atoms with E-state index in [4.69, 9.17) is 11.6 Å². The number of aromatic nitrogens is 1. The van der Waals surface area contributed by atoms with Gasteiger partial charge in [0.15, 0.2) is 9.84 Å². The van der Waals surface area contributed by atoms with Crippen LogP contribution in [0.2, 0.25) is 5.02 Å². The van der Waals surface area contributed by atoms with Crippen LogP contribution in [-0.2, 0) is 15.6 Å². The number of halogens is 1. The first-order valence-electron chi connectivity index (χ1n) is 7.74. The first-order chi connectivity index (χ1) is 12.4. The maximum absolute atomic E-state index is 12.5. The summed E-state index contributed by atoms with van der Waals surface area (Å²) < 4.78 is 25.0. The molecule has 0 aliphatic carbocycles. The molecular formula is C19H15ClN2O3S. The predicted octanol–water partition coefficient (Wildman–Crippen LogP) is 3.96. The van der Waals surface area contributed by atoms with Crippen LogP contribution in [0.1, 0.15) is 15.9 Å². The highest BCUT2D eigenvalue weighted by Gasteiger charge is 2.16. The molecule has 0 spiro atoms. The Labute approximate surface area is 156 Å². The minimum absolute atomic E-state index is 0.183. The minimum Gasteiger partial charge on any atom is -0.307 e. The van der Waals surface area contributed by atoms with E-state index in [0.29, 0.717) is 22.0 Å². The van der Waals surface area contributed by atoms with E-state index in [1.165, 1.54) is 6.20 Å². The molecule has 0 fully saturated rings. The molecule has 0 saturated heterocycles. The number of sulfone groups is 1.